The molecule has 0 fully saturated rings. The Hall–Kier alpha value is -2.70. The summed E-state index contributed by atoms with van der Waals surface area (Å²) >= 11 is 25.4. The standard InChI is InChI=1S/C24H14Cl4N4O/c25-13-3-1-12(2-4-13)23-20-21(17-9-14(26)6-8-19(17)33-23)31-24-29-11-30-32(24)22(20)16-7-5-15(27)10-18(16)28/h1-11,22-23H,(H,29,30,31)/t22-,23+/m1/s1. The normalized spacial score (nSPS) is 18.7. The number of halogens is 4. The quantitative estimate of drug-likeness (QED) is 0.301. The highest BCUT2D eigenvalue weighted by molar-refractivity contribution is 6.35. The predicted octanol–water partition coefficient (Wildman–Crippen LogP) is 7.45. The zero-order valence-electron chi connectivity index (χ0n) is 16.8. The van der Waals surface area contributed by atoms with Crippen molar-refractivity contribution in [3.63, 3.8) is 0 Å². The van der Waals surface area contributed by atoms with Crippen LogP contribution in [0.5, 0.6) is 5.75 Å². The molecule has 0 amide bonds. The molecule has 0 bridgehead atoms. The maximum absolute atomic E-state index is 6.70. The van der Waals surface area contributed by atoms with E-state index in [-0.39, 0.29) is 0 Å². The Morgan fingerprint density at radius 3 is 2.36 bits per heavy atom. The summed E-state index contributed by atoms with van der Waals surface area (Å²) in [5.41, 5.74) is 4.39. The van der Waals surface area contributed by atoms with Gasteiger partial charge in [0.15, 0.2) is 0 Å². The highest BCUT2D eigenvalue weighted by atomic mass is 35.5. The van der Waals surface area contributed by atoms with Gasteiger partial charge in [-0.3, -0.25) is 0 Å². The average molecular weight is 516 g/mol. The van der Waals surface area contributed by atoms with Crippen molar-refractivity contribution in [1.82, 2.24) is 14.8 Å². The van der Waals surface area contributed by atoms with E-state index in [9.17, 15) is 0 Å². The third-order valence-corrected chi connectivity index (χ3v) is 6.86. The Bertz CT molecular complexity index is 1430. The summed E-state index contributed by atoms with van der Waals surface area (Å²) in [6.07, 6.45) is 1.07. The lowest BCUT2D eigenvalue weighted by Gasteiger charge is -2.39. The van der Waals surface area contributed by atoms with Gasteiger partial charge in [-0.15, -0.1) is 0 Å². The summed E-state index contributed by atoms with van der Waals surface area (Å²) in [4.78, 5) is 4.42. The smallest absolute Gasteiger partial charge is 0.226 e. The van der Waals surface area contributed by atoms with Gasteiger partial charge in [-0.05, 0) is 53.6 Å². The van der Waals surface area contributed by atoms with Gasteiger partial charge in [0.25, 0.3) is 0 Å². The first-order chi connectivity index (χ1) is 16.0. The van der Waals surface area contributed by atoms with Gasteiger partial charge in [-0.2, -0.15) is 10.1 Å². The van der Waals surface area contributed by atoms with Crippen molar-refractivity contribution in [2.45, 2.75) is 12.1 Å². The van der Waals surface area contributed by atoms with Crippen LogP contribution in [0.15, 0.2) is 72.6 Å². The van der Waals surface area contributed by atoms with E-state index in [1.807, 2.05) is 54.6 Å². The summed E-state index contributed by atoms with van der Waals surface area (Å²) < 4.78 is 8.36. The van der Waals surface area contributed by atoms with Crippen LogP contribution in [0, 0.1) is 0 Å². The van der Waals surface area contributed by atoms with E-state index in [1.165, 1.54) is 6.33 Å². The second kappa shape index (κ2) is 7.96. The maximum Gasteiger partial charge on any atom is 0.226 e. The third kappa shape index (κ3) is 3.47. The number of ether oxygens (including phenoxy) is 1. The number of fused-ring (bicyclic) bond motifs is 3. The number of nitrogens with one attached hydrogen (secondary N) is 1. The predicted molar refractivity (Wildman–Crippen MR) is 131 cm³/mol. The van der Waals surface area contributed by atoms with E-state index in [0.717, 1.165) is 28.0 Å². The molecule has 164 valence electrons. The largest absolute Gasteiger partial charge is 0.480 e. The highest BCUT2D eigenvalue weighted by Gasteiger charge is 2.41. The second-order valence-electron chi connectivity index (χ2n) is 7.74. The number of hydrogen-bond acceptors (Lipinski definition) is 4. The minimum atomic E-state index is -0.437. The van der Waals surface area contributed by atoms with Crippen LogP contribution in [0.3, 0.4) is 0 Å². The minimum Gasteiger partial charge on any atom is -0.480 e. The maximum atomic E-state index is 6.70. The van der Waals surface area contributed by atoms with Crippen LogP contribution < -0.4 is 10.1 Å². The van der Waals surface area contributed by atoms with E-state index in [0.29, 0.717) is 31.8 Å². The molecule has 0 saturated carbocycles. The molecule has 9 heteroatoms. The number of nitrogens with zero attached hydrogens (tertiary/aromatic N) is 3. The molecule has 4 aromatic rings. The molecule has 2 aliphatic rings. The minimum absolute atomic E-state index is 0.392. The summed E-state index contributed by atoms with van der Waals surface area (Å²) in [5.74, 6) is 1.30. The summed E-state index contributed by atoms with van der Waals surface area (Å²) in [6, 6.07) is 18.2. The number of aromatic nitrogens is 3. The van der Waals surface area contributed by atoms with Crippen LogP contribution >= 0.6 is 46.4 Å². The molecule has 3 aromatic carbocycles. The van der Waals surface area contributed by atoms with E-state index < -0.39 is 12.1 Å². The molecular weight excluding hydrogens is 502 g/mol. The molecule has 0 saturated heterocycles. The molecule has 0 spiro atoms. The van der Waals surface area contributed by atoms with Crippen LogP contribution in [-0.2, 0) is 0 Å². The number of hydrogen-bond donors (Lipinski definition) is 1. The molecular formula is C24H14Cl4N4O. The van der Waals surface area contributed by atoms with Crippen molar-refractivity contribution >= 4 is 58.0 Å². The lowest BCUT2D eigenvalue weighted by atomic mass is 9.84. The third-order valence-electron chi connectivity index (χ3n) is 5.81. The first-order valence-electron chi connectivity index (χ1n) is 10.1. The molecule has 5 nitrogen and oxygen atoms in total. The second-order valence-corrected chi connectivity index (χ2v) is 9.46. The Balaban J connectivity index is 1.65. The molecule has 2 atom stereocenters. The van der Waals surface area contributed by atoms with Gasteiger partial charge in [0.2, 0.25) is 5.95 Å². The highest BCUT2D eigenvalue weighted by Crippen LogP contribution is 2.52. The monoisotopic (exact) mass is 514 g/mol. The number of rotatable bonds is 2. The zero-order valence-corrected chi connectivity index (χ0v) is 19.8. The van der Waals surface area contributed by atoms with Crippen molar-refractivity contribution in [1.29, 1.82) is 0 Å². The molecule has 1 N–H and O–H groups in total. The summed E-state index contributed by atoms with van der Waals surface area (Å²) in [7, 11) is 0. The van der Waals surface area contributed by atoms with E-state index in [1.54, 1.807) is 10.7 Å². The van der Waals surface area contributed by atoms with Crippen molar-refractivity contribution < 1.29 is 4.74 Å². The average Bonchev–Trinajstić information content (AvgIpc) is 3.27. The van der Waals surface area contributed by atoms with Crippen LogP contribution in [0.4, 0.5) is 5.95 Å². The summed E-state index contributed by atoms with van der Waals surface area (Å²) in [5, 5.41) is 10.3. The Labute approximate surface area is 209 Å². The molecule has 1 aromatic heterocycles. The SMILES string of the molecule is Clc1ccc([C@@H]2Oc3ccc(Cl)cc3C3=C2[C@@H](c2ccc(Cl)cc2Cl)n2ncnc2N3)cc1. The van der Waals surface area contributed by atoms with Gasteiger partial charge < -0.3 is 10.1 Å². The van der Waals surface area contributed by atoms with Gasteiger partial charge >= 0.3 is 0 Å². The molecule has 0 aliphatic carbocycles. The zero-order chi connectivity index (χ0) is 22.7. The lowest BCUT2D eigenvalue weighted by Crippen LogP contribution is -2.32. The summed E-state index contributed by atoms with van der Waals surface area (Å²) in [6.45, 7) is 0. The van der Waals surface area contributed by atoms with Crippen LogP contribution in [-0.4, -0.2) is 14.8 Å². The fourth-order valence-corrected chi connectivity index (χ4v) is 5.19. The van der Waals surface area contributed by atoms with Crippen LogP contribution in [0.2, 0.25) is 20.1 Å². The fraction of sp³-hybridized carbons (Fsp3) is 0.0833. The van der Waals surface area contributed by atoms with Crippen molar-refractivity contribution in [3.05, 3.63) is 109 Å². The Morgan fingerprint density at radius 2 is 1.58 bits per heavy atom. The van der Waals surface area contributed by atoms with Crippen molar-refractivity contribution in [3.8, 4) is 5.75 Å². The number of anilines is 1. The Morgan fingerprint density at radius 1 is 0.848 bits per heavy atom. The van der Waals surface area contributed by atoms with Crippen molar-refractivity contribution in [2.75, 3.05) is 5.32 Å². The van der Waals surface area contributed by atoms with Gasteiger partial charge in [-0.1, -0.05) is 64.6 Å². The van der Waals surface area contributed by atoms with E-state index >= 15 is 0 Å². The molecule has 6 rings (SSSR count). The van der Waals surface area contributed by atoms with Gasteiger partial charge in [0.1, 0.15) is 24.2 Å². The molecule has 0 unspecified atom stereocenters. The van der Waals surface area contributed by atoms with Gasteiger partial charge in [0.05, 0.1) is 5.70 Å². The van der Waals surface area contributed by atoms with Gasteiger partial charge in [-0.25, -0.2) is 4.68 Å². The number of benzene rings is 3. The molecule has 0 radical (unpaired) electrons. The Kier molecular flexibility index (Phi) is 5.03. The first-order valence-corrected chi connectivity index (χ1v) is 11.6. The molecule has 3 heterocycles. The van der Waals surface area contributed by atoms with E-state index in [4.69, 9.17) is 51.1 Å². The van der Waals surface area contributed by atoms with Gasteiger partial charge in [0, 0.05) is 31.2 Å². The molecule has 33 heavy (non-hydrogen) atoms. The first kappa shape index (κ1) is 20.9. The lowest BCUT2D eigenvalue weighted by molar-refractivity contribution is 0.223. The van der Waals surface area contributed by atoms with E-state index in [2.05, 4.69) is 15.4 Å². The van der Waals surface area contributed by atoms with Crippen molar-refractivity contribution in [2.24, 2.45) is 0 Å². The van der Waals surface area contributed by atoms with Crippen LogP contribution in [0.1, 0.15) is 28.8 Å². The molecule has 2 aliphatic heterocycles. The van der Waals surface area contributed by atoms with Crippen LogP contribution in [0.25, 0.3) is 5.70 Å². The topological polar surface area (TPSA) is 52.0 Å². The fourth-order valence-electron chi connectivity index (χ4n) is 4.38.